The molecule has 3 heterocycles. The van der Waals surface area contributed by atoms with E-state index in [4.69, 9.17) is 9.72 Å². The second kappa shape index (κ2) is 10.2. The number of hydrogen-bond acceptors (Lipinski definition) is 7. The number of aromatic nitrogens is 4. The molecule has 10 heteroatoms. The molecule has 0 saturated carbocycles. The SMILES string of the molecule is CCOc1cc(F)cc(N(CCN2C(=O)c3ccccc3C2=O)c2ccc3ncc(-c4cnn(C)c4)nc3c2)c1. The molecule has 0 aliphatic carbocycles. The number of carbonyl (C=O) groups excluding carboxylic acids is 2. The van der Waals surface area contributed by atoms with Crippen LogP contribution in [-0.4, -0.2) is 56.2 Å². The Kier molecular flexibility index (Phi) is 6.43. The van der Waals surface area contributed by atoms with Gasteiger partial charge in [0.2, 0.25) is 0 Å². The van der Waals surface area contributed by atoms with Crippen molar-refractivity contribution in [2.24, 2.45) is 7.05 Å². The van der Waals surface area contributed by atoms with Gasteiger partial charge in [-0.1, -0.05) is 12.1 Å². The maximum Gasteiger partial charge on any atom is 0.261 e. The molecule has 0 spiro atoms. The number of fused-ring (bicyclic) bond motifs is 2. The van der Waals surface area contributed by atoms with E-state index in [1.165, 1.54) is 17.0 Å². The number of anilines is 2. The molecule has 1 aliphatic heterocycles. The summed E-state index contributed by atoms with van der Waals surface area (Å²) < 4.78 is 22.0. The van der Waals surface area contributed by atoms with Crippen molar-refractivity contribution in [3.8, 4) is 17.0 Å². The average Bonchev–Trinajstić information content (AvgIpc) is 3.49. The number of amides is 2. The molecular formula is C30H25FN6O3. The molecule has 200 valence electrons. The van der Waals surface area contributed by atoms with Gasteiger partial charge >= 0.3 is 0 Å². The van der Waals surface area contributed by atoms with Crippen molar-refractivity contribution in [1.82, 2.24) is 24.6 Å². The van der Waals surface area contributed by atoms with Gasteiger partial charge in [-0.3, -0.25) is 24.2 Å². The molecule has 1 aliphatic rings. The van der Waals surface area contributed by atoms with Crippen LogP contribution in [0.3, 0.4) is 0 Å². The van der Waals surface area contributed by atoms with E-state index in [1.807, 2.05) is 43.3 Å². The Morgan fingerprint density at radius 1 is 0.925 bits per heavy atom. The molecular weight excluding hydrogens is 511 g/mol. The van der Waals surface area contributed by atoms with Gasteiger partial charge in [-0.15, -0.1) is 0 Å². The van der Waals surface area contributed by atoms with Crippen molar-refractivity contribution in [3.05, 3.63) is 96.2 Å². The standard InChI is InChI=1S/C30H25FN6O3/c1-3-40-23-13-20(31)12-22(14-23)36(10-11-37-29(38)24-6-4-5-7-25(24)30(37)39)21-8-9-26-27(15-21)34-28(17-32-26)19-16-33-35(2)18-19/h4-9,12-18H,3,10-11H2,1-2H3. The molecule has 0 fully saturated rings. The van der Waals surface area contributed by atoms with E-state index in [0.29, 0.717) is 51.6 Å². The first-order valence-corrected chi connectivity index (χ1v) is 12.8. The molecule has 0 N–H and O–H groups in total. The predicted octanol–water partition coefficient (Wildman–Crippen LogP) is 5.00. The zero-order valence-electron chi connectivity index (χ0n) is 21.9. The first-order chi connectivity index (χ1) is 19.4. The molecule has 2 amide bonds. The van der Waals surface area contributed by atoms with Crippen LogP contribution in [-0.2, 0) is 7.05 Å². The van der Waals surface area contributed by atoms with Gasteiger partial charge in [0.1, 0.15) is 11.6 Å². The van der Waals surface area contributed by atoms with Gasteiger partial charge in [0.15, 0.2) is 0 Å². The molecule has 2 aromatic heterocycles. The third kappa shape index (κ3) is 4.64. The van der Waals surface area contributed by atoms with Crippen LogP contribution in [0.4, 0.5) is 15.8 Å². The second-order valence-electron chi connectivity index (χ2n) is 9.37. The minimum atomic E-state index is -0.467. The van der Waals surface area contributed by atoms with Crippen LogP contribution in [0.15, 0.2) is 79.3 Å². The smallest absolute Gasteiger partial charge is 0.261 e. The topological polar surface area (TPSA) is 93.5 Å². The van der Waals surface area contributed by atoms with Gasteiger partial charge < -0.3 is 9.64 Å². The number of carbonyl (C=O) groups is 2. The van der Waals surface area contributed by atoms with Crippen molar-refractivity contribution in [2.75, 3.05) is 24.6 Å². The molecule has 9 nitrogen and oxygen atoms in total. The summed E-state index contributed by atoms with van der Waals surface area (Å²) in [5.74, 6) is -0.783. The predicted molar refractivity (Wildman–Crippen MR) is 148 cm³/mol. The van der Waals surface area contributed by atoms with Crippen molar-refractivity contribution in [1.29, 1.82) is 0 Å². The van der Waals surface area contributed by atoms with E-state index >= 15 is 0 Å². The third-order valence-corrected chi connectivity index (χ3v) is 6.74. The summed E-state index contributed by atoms with van der Waals surface area (Å²) in [6, 6.07) is 16.8. The van der Waals surface area contributed by atoms with Crippen LogP contribution in [0.25, 0.3) is 22.3 Å². The Bertz CT molecular complexity index is 1730. The fraction of sp³-hybridized carbons (Fsp3) is 0.167. The van der Waals surface area contributed by atoms with Crippen molar-refractivity contribution < 1.29 is 18.7 Å². The molecule has 0 atom stereocenters. The summed E-state index contributed by atoms with van der Waals surface area (Å²) >= 11 is 0. The van der Waals surface area contributed by atoms with E-state index < -0.39 is 5.82 Å². The number of ether oxygens (including phenoxy) is 1. The van der Waals surface area contributed by atoms with Crippen molar-refractivity contribution in [3.63, 3.8) is 0 Å². The van der Waals surface area contributed by atoms with E-state index in [2.05, 4.69) is 10.1 Å². The number of halogens is 1. The summed E-state index contributed by atoms with van der Waals surface area (Å²) in [6.45, 7) is 2.50. The van der Waals surface area contributed by atoms with E-state index in [-0.39, 0.29) is 24.9 Å². The number of imide groups is 1. The third-order valence-electron chi connectivity index (χ3n) is 6.74. The molecule has 6 rings (SSSR count). The molecule has 0 bridgehead atoms. The molecule has 3 aromatic carbocycles. The quantitative estimate of drug-likeness (QED) is 0.258. The van der Waals surface area contributed by atoms with Gasteiger partial charge in [0.05, 0.1) is 46.9 Å². The molecule has 0 radical (unpaired) electrons. The zero-order valence-corrected chi connectivity index (χ0v) is 21.9. The van der Waals surface area contributed by atoms with Crippen LogP contribution >= 0.6 is 0 Å². The highest BCUT2D eigenvalue weighted by molar-refractivity contribution is 6.21. The fourth-order valence-electron chi connectivity index (χ4n) is 4.86. The fourth-order valence-corrected chi connectivity index (χ4v) is 4.86. The molecule has 40 heavy (non-hydrogen) atoms. The number of hydrogen-bond donors (Lipinski definition) is 0. The highest BCUT2D eigenvalue weighted by Gasteiger charge is 2.35. The van der Waals surface area contributed by atoms with Crippen molar-refractivity contribution >= 4 is 34.2 Å². The summed E-state index contributed by atoms with van der Waals surface area (Å²) in [5, 5.41) is 4.21. The molecule has 0 saturated heterocycles. The minimum absolute atomic E-state index is 0.0896. The Hall–Kier alpha value is -5.12. The average molecular weight is 537 g/mol. The normalized spacial score (nSPS) is 12.7. The highest BCUT2D eigenvalue weighted by Crippen LogP contribution is 2.32. The Morgan fingerprint density at radius 2 is 1.70 bits per heavy atom. The number of nitrogens with zero attached hydrogens (tertiary/aromatic N) is 6. The lowest BCUT2D eigenvalue weighted by atomic mass is 10.1. The lowest BCUT2D eigenvalue weighted by Gasteiger charge is -2.27. The highest BCUT2D eigenvalue weighted by atomic mass is 19.1. The molecule has 5 aromatic rings. The minimum Gasteiger partial charge on any atom is -0.494 e. The lowest BCUT2D eigenvalue weighted by Crippen LogP contribution is -2.37. The summed E-state index contributed by atoms with van der Waals surface area (Å²) in [7, 11) is 1.83. The first kappa shape index (κ1) is 25.2. The number of aryl methyl sites for hydroxylation is 1. The van der Waals surface area contributed by atoms with E-state index in [9.17, 15) is 14.0 Å². The second-order valence-corrected chi connectivity index (χ2v) is 9.37. The van der Waals surface area contributed by atoms with Gasteiger partial charge in [-0.05, 0) is 43.3 Å². The van der Waals surface area contributed by atoms with Gasteiger partial charge in [-0.25, -0.2) is 9.37 Å². The van der Waals surface area contributed by atoms with Crippen LogP contribution < -0.4 is 9.64 Å². The molecule has 0 unspecified atom stereocenters. The Labute approximate surface area is 229 Å². The van der Waals surface area contributed by atoms with Crippen LogP contribution in [0, 0.1) is 5.82 Å². The summed E-state index contributed by atoms with van der Waals surface area (Å²) in [6.07, 6.45) is 5.27. The van der Waals surface area contributed by atoms with E-state index in [1.54, 1.807) is 47.4 Å². The monoisotopic (exact) mass is 536 g/mol. The van der Waals surface area contributed by atoms with Gasteiger partial charge in [0, 0.05) is 55.4 Å². The Balaban J connectivity index is 1.38. The number of rotatable bonds is 8. The van der Waals surface area contributed by atoms with Crippen LogP contribution in [0.1, 0.15) is 27.6 Å². The maximum absolute atomic E-state index is 14.7. The Morgan fingerprint density at radius 3 is 2.40 bits per heavy atom. The zero-order chi connectivity index (χ0) is 27.8. The lowest BCUT2D eigenvalue weighted by molar-refractivity contribution is 0.0659. The first-order valence-electron chi connectivity index (χ1n) is 12.8. The number of benzene rings is 3. The van der Waals surface area contributed by atoms with Crippen LogP contribution in [0.2, 0.25) is 0 Å². The van der Waals surface area contributed by atoms with Gasteiger partial charge in [-0.2, -0.15) is 5.10 Å². The largest absolute Gasteiger partial charge is 0.494 e. The summed E-state index contributed by atoms with van der Waals surface area (Å²) in [4.78, 5) is 38.4. The summed E-state index contributed by atoms with van der Waals surface area (Å²) in [5.41, 5.74) is 4.78. The van der Waals surface area contributed by atoms with E-state index in [0.717, 1.165) is 5.56 Å². The maximum atomic E-state index is 14.7. The van der Waals surface area contributed by atoms with Crippen LogP contribution in [0.5, 0.6) is 5.75 Å². The van der Waals surface area contributed by atoms with Crippen molar-refractivity contribution in [2.45, 2.75) is 6.92 Å². The van der Waals surface area contributed by atoms with Gasteiger partial charge in [0.25, 0.3) is 11.8 Å².